The number of halogens is 1. The summed E-state index contributed by atoms with van der Waals surface area (Å²) in [5, 5.41) is 2.55. The van der Waals surface area contributed by atoms with Crippen LogP contribution in [0.3, 0.4) is 0 Å². The first kappa shape index (κ1) is 11.8. The van der Waals surface area contributed by atoms with E-state index in [4.69, 9.17) is 6.42 Å². The fourth-order valence-corrected chi connectivity index (χ4v) is 1.41. The molecule has 5 heteroatoms. The van der Waals surface area contributed by atoms with E-state index in [2.05, 4.69) is 20.9 Å². The van der Waals surface area contributed by atoms with E-state index in [9.17, 15) is 9.18 Å². The zero-order valence-corrected chi connectivity index (χ0v) is 9.57. The zero-order chi connectivity index (χ0) is 13.1. The normalized spacial score (nSPS) is 12.7. The Labute approximate surface area is 103 Å². The van der Waals surface area contributed by atoms with E-state index in [1.165, 1.54) is 18.3 Å². The van der Waals surface area contributed by atoms with Gasteiger partial charge >= 0.3 is 11.7 Å². The van der Waals surface area contributed by atoms with Gasteiger partial charge in [-0.3, -0.25) is 10.1 Å². The second-order valence-electron chi connectivity index (χ2n) is 3.60. The topological polar surface area (TPSA) is 55.6 Å². The molecule has 1 N–H and O–H groups in total. The average Bonchev–Trinajstić information content (AvgIpc) is 2.75. The highest BCUT2D eigenvalue weighted by molar-refractivity contribution is 6.37. The van der Waals surface area contributed by atoms with Gasteiger partial charge in [0, 0.05) is 5.56 Å². The third-order valence-electron chi connectivity index (χ3n) is 2.28. The maximum atomic E-state index is 13.2. The first-order valence-corrected chi connectivity index (χ1v) is 5.14. The third kappa shape index (κ3) is 2.34. The lowest BCUT2D eigenvalue weighted by atomic mass is 10.1. The van der Waals surface area contributed by atoms with Crippen LogP contribution in [0.5, 0.6) is 0 Å². The summed E-state index contributed by atoms with van der Waals surface area (Å²) in [7, 11) is 0. The molecule has 1 aromatic rings. The predicted molar refractivity (Wildman–Crippen MR) is 68.1 cm³/mol. The van der Waals surface area contributed by atoms with Crippen molar-refractivity contribution in [2.45, 2.75) is 6.92 Å². The summed E-state index contributed by atoms with van der Waals surface area (Å²) in [6, 6.07) is 3.83. The summed E-state index contributed by atoms with van der Waals surface area (Å²) in [6.45, 7) is 1.71. The Morgan fingerprint density at radius 2 is 2.33 bits per heavy atom. The van der Waals surface area contributed by atoms with E-state index < -0.39 is 11.7 Å². The number of aliphatic imine (C=N–C) groups is 1. The Bertz CT molecular complexity index is 661. The molecule has 2 rings (SSSR count). The van der Waals surface area contributed by atoms with Crippen LogP contribution in [-0.4, -0.2) is 23.8 Å². The zero-order valence-electron chi connectivity index (χ0n) is 9.57. The van der Waals surface area contributed by atoms with Gasteiger partial charge in [0.2, 0.25) is 0 Å². The van der Waals surface area contributed by atoms with Crippen LogP contribution >= 0.6 is 0 Å². The van der Waals surface area contributed by atoms with Crippen LogP contribution in [0.4, 0.5) is 4.39 Å². The summed E-state index contributed by atoms with van der Waals surface area (Å²) in [5.74, 6) is 2.15. The van der Waals surface area contributed by atoms with Gasteiger partial charge in [0.05, 0.1) is 12.5 Å². The number of nitrogens with zero attached hydrogens (tertiary/aromatic N) is 2. The number of rotatable bonds is 1. The number of benzene rings is 1. The van der Waals surface area contributed by atoms with Crippen LogP contribution in [0, 0.1) is 18.2 Å². The Balaban J connectivity index is 2.18. The van der Waals surface area contributed by atoms with Crippen molar-refractivity contribution in [2.24, 2.45) is 4.99 Å². The minimum Gasteiger partial charge on any atom is -0.281 e. The lowest BCUT2D eigenvalue weighted by molar-refractivity contribution is 0.0977. The first-order valence-electron chi connectivity index (χ1n) is 5.14. The molecule has 0 aliphatic carbocycles. The molecular formula is C13H9FN3O+. The quantitative estimate of drug-likeness (QED) is 0.566. The number of hydrogen-bond donors (Lipinski definition) is 1. The summed E-state index contributed by atoms with van der Waals surface area (Å²) in [4.78, 5) is 15.8. The minimum absolute atomic E-state index is 0.0485. The molecule has 1 aliphatic heterocycles. The maximum absolute atomic E-state index is 13.2. The van der Waals surface area contributed by atoms with Crippen LogP contribution in [0.15, 0.2) is 23.2 Å². The Kier molecular flexibility index (Phi) is 3.05. The van der Waals surface area contributed by atoms with Crippen molar-refractivity contribution in [2.75, 3.05) is 0 Å². The van der Waals surface area contributed by atoms with Crippen LogP contribution in [-0.2, 0) is 0 Å². The van der Waals surface area contributed by atoms with Crippen molar-refractivity contribution < 1.29 is 9.18 Å². The lowest BCUT2D eigenvalue weighted by Crippen LogP contribution is -2.31. The number of amidine groups is 2. The molecule has 0 saturated carbocycles. The third-order valence-corrected chi connectivity index (χ3v) is 2.28. The van der Waals surface area contributed by atoms with Gasteiger partial charge in [-0.05, 0) is 23.2 Å². The van der Waals surface area contributed by atoms with Crippen molar-refractivity contribution in [3.8, 4) is 12.3 Å². The van der Waals surface area contributed by atoms with Crippen LogP contribution in [0.2, 0.25) is 0 Å². The molecule has 0 saturated heterocycles. The predicted octanol–water partition coefficient (Wildman–Crippen LogP) is 0.505. The van der Waals surface area contributed by atoms with Gasteiger partial charge in [-0.1, -0.05) is 5.92 Å². The average molecular weight is 242 g/mol. The highest BCUT2D eigenvalue weighted by Gasteiger charge is 2.18. The molecule has 0 fully saturated rings. The fraction of sp³-hybridized carbons (Fsp3) is 0.0769. The number of carbonyl (C=O) groups excluding carboxylic acids is 1. The minimum atomic E-state index is -0.530. The van der Waals surface area contributed by atoms with Gasteiger partial charge in [-0.25, -0.2) is 9.06 Å². The van der Waals surface area contributed by atoms with Crippen molar-refractivity contribution >= 4 is 23.8 Å². The summed E-state index contributed by atoms with van der Waals surface area (Å²) >= 11 is 0. The van der Waals surface area contributed by atoms with E-state index in [0.29, 0.717) is 11.7 Å². The van der Waals surface area contributed by atoms with Crippen LogP contribution in [0.1, 0.15) is 22.8 Å². The number of terminal acetylenes is 1. The molecule has 0 aromatic heterocycles. The smallest absolute Gasteiger partial charge is 0.281 e. The number of amides is 1. The van der Waals surface area contributed by atoms with E-state index in [1.54, 1.807) is 6.92 Å². The molecule has 1 amide bonds. The lowest BCUT2D eigenvalue weighted by Gasteiger charge is -2.01. The van der Waals surface area contributed by atoms with Crippen molar-refractivity contribution in [3.05, 3.63) is 35.1 Å². The molecule has 0 atom stereocenters. The van der Waals surface area contributed by atoms with Gasteiger partial charge in [-0.15, -0.1) is 6.42 Å². The first-order chi connectivity index (χ1) is 8.60. The molecule has 0 unspecified atom stereocenters. The van der Waals surface area contributed by atoms with E-state index in [0.717, 1.165) is 6.07 Å². The van der Waals surface area contributed by atoms with Crippen LogP contribution in [0.25, 0.3) is 0 Å². The monoisotopic (exact) mass is 242 g/mol. The number of hydrogen-bond acceptors (Lipinski definition) is 2. The Morgan fingerprint density at radius 3 is 2.94 bits per heavy atom. The maximum Gasteiger partial charge on any atom is 0.389 e. The molecule has 1 aliphatic rings. The molecule has 1 heterocycles. The Morgan fingerprint density at radius 1 is 1.56 bits per heavy atom. The molecule has 0 radical (unpaired) electrons. The van der Waals surface area contributed by atoms with Crippen molar-refractivity contribution in [3.63, 3.8) is 0 Å². The van der Waals surface area contributed by atoms with Gasteiger partial charge in [-0.2, -0.15) is 0 Å². The molecule has 0 spiro atoms. The van der Waals surface area contributed by atoms with Crippen LogP contribution < -0.4 is 9.98 Å². The van der Waals surface area contributed by atoms with E-state index in [1.807, 2.05) is 0 Å². The number of nitrogens with one attached hydrogen (secondary N) is 1. The molecule has 1 aromatic carbocycles. The summed E-state index contributed by atoms with van der Waals surface area (Å²) in [6.07, 6.45) is 6.57. The van der Waals surface area contributed by atoms with Gasteiger partial charge in [0.25, 0.3) is 12.1 Å². The Hall–Kier alpha value is -2.70. The number of carbonyl (C=O) groups is 1. The van der Waals surface area contributed by atoms with Gasteiger partial charge in [0.1, 0.15) is 5.82 Å². The summed E-state index contributed by atoms with van der Waals surface area (Å²) < 4.78 is 17.1. The van der Waals surface area contributed by atoms with E-state index >= 15 is 0 Å². The second-order valence-corrected chi connectivity index (χ2v) is 3.60. The standard InChI is InChI=1S/C13H8FN3O/c1-3-9-6-10(4-5-11(9)14)13(18)17-12-7-15-8(2)16-12/h1,4-7H,2H3/p+1. The van der Waals surface area contributed by atoms with Crippen molar-refractivity contribution in [1.82, 2.24) is 9.98 Å². The molecule has 4 nitrogen and oxygen atoms in total. The van der Waals surface area contributed by atoms with E-state index in [-0.39, 0.29) is 11.1 Å². The highest BCUT2D eigenvalue weighted by atomic mass is 19.1. The van der Waals surface area contributed by atoms with Gasteiger partial charge < -0.3 is 0 Å². The van der Waals surface area contributed by atoms with Crippen molar-refractivity contribution in [1.29, 1.82) is 0 Å². The summed E-state index contributed by atoms with van der Waals surface area (Å²) in [5.41, 5.74) is 0.317. The van der Waals surface area contributed by atoms with Gasteiger partial charge in [0.15, 0.2) is 0 Å². The fourth-order valence-electron chi connectivity index (χ4n) is 1.41. The highest BCUT2D eigenvalue weighted by Crippen LogP contribution is 2.09. The molecule has 88 valence electrons. The molecule has 18 heavy (non-hydrogen) atoms. The molecule has 0 bridgehead atoms. The molecular weight excluding hydrogens is 233 g/mol. The largest absolute Gasteiger partial charge is 0.389 e. The second kappa shape index (κ2) is 4.66. The SMILES string of the molecule is C#Cc1cc(C(=O)NC2=NC(C)=[N+]=C2)ccc1F.